The molecule has 3 amide bonds. The van der Waals surface area contributed by atoms with Gasteiger partial charge in [0.15, 0.2) is 0 Å². The Balaban J connectivity index is 1.59. The highest BCUT2D eigenvalue weighted by molar-refractivity contribution is 5.99. The van der Waals surface area contributed by atoms with Crippen molar-refractivity contribution in [1.82, 2.24) is 29.7 Å². The van der Waals surface area contributed by atoms with Crippen molar-refractivity contribution in [2.75, 3.05) is 26.2 Å². The van der Waals surface area contributed by atoms with Crippen LogP contribution in [0.2, 0.25) is 0 Å². The van der Waals surface area contributed by atoms with Crippen LogP contribution in [-0.2, 0) is 25.8 Å². The van der Waals surface area contributed by atoms with E-state index >= 15 is 0 Å². The third-order valence-corrected chi connectivity index (χ3v) is 9.60. The lowest BCUT2D eigenvalue weighted by Crippen LogP contribution is -2.59. The summed E-state index contributed by atoms with van der Waals surface area (Å²) in [5, 5.41) is 19.2. The molecule has 238 valence electrons. The summed E-state index contributed by atoms with van der Waals surface area (Å²) in [6.07, 6.45) is 5.60. The van der Waals surface area contributed by atoms with Gasteiger partial charge in [-0.05, 0) is 50.7 Å². The minimum absolute atomic E-state index is 0.0852. The van der Waals surface area contributed by atoms with Crippen molar-refractivity contribution in [3.63, 3.8) is 0 Å². The van der Waals surface area contributed by atoms with E-state index in [0.717, 1.165) is 11.9 Å². The summed E-state index contributed by atoms with van der Waals surface area (Å²) in [5.41, 5.74) is -0.626. The SMILES string of the molecule is C=CCN(Cn1nnc2ccccc21)C(=O)C1N([C@@H](CO)CC(C)C)C(=O)[C@@H]2[C@@H](C(=O)N(CC=C)CCC)[C@@]3(C)CCC12O3. The lowest BCUT2D eigenvalue weighted by Gasteiger charge is -2.39. The van der Waals surface area contributed by atoms with Crippen LogP contribution in [0, 0.1) is 17.8 Å². The fourth-order valence-corrected chi connectivity index (χ4v) is 7.88. The second kappa shape index (κ2) is 12.4. The van der Waals surface area contributed by atoms with E-state index in [-0.39, 0.29) is 43.5 Å². The molecule has 0 saturated carbocycles. The average Bonchev–Trinajstić information content (AvgIpc) is 3.70. The molecule has 1 spiro atoms. The van der Waals surface area contributed by atoms with Gasteiger partial charge in [0.1, 0.15) is 23.8 Å². The first-order valence-corrected chi connectivity index (χ1v) is 15.8. The number of aliphatic hydroxyl groups is 1. The number of amides is 3. The van der Waals surface area contributed by atoms with Gasteiger partial charge in [-0.3, -0.25) is 14.4 Å². The number of carbonyl (C=O) groups is 3. The first-order valence-electron chi connectivity index (χ1n) is 15.8. The molecule has 44 heavy (non-hydrogen) atoms. The monoisotopic (exact) mass is 606 g/mol. The highest BCUT2D eigenvalue weighted by atomic mass is 16.5. The summed E-state index contributed by atoms with van der Waals surface area (Å²) in [4.78, 5) is 48.7. The molecule has 2 bridgehead atoms. The molecular weight excluding hydrogens is 560 g/mol. The number of ether oxygens (including phenoxy) is 1. The molecule has 11 heteroatoms. The van der Waals surface area contributed by atoms with E-state index in [1.54, 1.807) is 31.5 Å². The Bertz CT molecular complexity index is 1420. The van der Waals surface area contributed by atoms with Gasteiger partial charge in [0.05, 0.1) is 35.6 Å². The zero-order valence-electron chi connectivity index (χ0n) is 26.4. The molecule has 3 saturated heterocycles. The van der Waals surface area contributed by atoms with Crippen LogP contribution in [0.15, 0.2) is 49.6 Å². The van der Waals surface area contributed by atoms with Crippen molar-refractivity contribution in [3.05, 3.63) is 49.6 Å². The zero-order valence-corrected chi connectivity index (χ0v) is 26.4. The van der Waals surface area contributed by atoms with E-state index in [9.17, 15) is 19.5 Å². The van der Waals surface area contributed by atoms with Crippen LogP contribution in [0.3, 0.4) is 0 Å². The number of carbonyl (C=O) groups excluding carboxylic acids is 3. The third kappa shape index (κ3) is 5.13. The number of likely N-dealkylation sites (tertiary alicyclic amines) is 1. The van der Waals surface area contributed by atoms with Crippen LogP contribution in [0.25, 0.3) is 11.0 Å². The molecule has 0 radical (unpaired) electrons. The number of hydrogen-bond donors (Lipinski definition) is 1. The van der Waals surface area contributed by atoms with Crippen LogP contribution >= 0.6 is 0 Å². The van der Waals surface area contributed by atoms with Crippen LogP contribution in [0.1, 0.15) is 53.4 Å². The molecular formula is C33H46N6O5. The molecule has 1 aromatic heterocycles. The van der Waals surface area contributed by atoms with Crippen LogP contribution < -0.4 is 0 Å². The largest absolute Gasteiger partial charge is 0.394 e. The standard InChI is InChI=1S/C33H46N6O5/c1-7-16-36(17-8-2)29(41)26-27-30(42)39(23(20-40)19-22(4)5)28(33(27)15-14-32(26,6)44-33)31(43)37(18-9-3)21-38-25-13-11-10-12-24(25)34-35-38/h7,9-13,22-23,26-28,40H,1,3,8,14-21H2,2,4-6H3/t23-,26+,27+,28?,32-,33?/m1/s1. The molecule has 6 atom stereocenters. The smallest absolute Gasteiger partial charge is 0.250 e. The molecule has 5 rings (SSSR count). The molecule has 3 aliphatic heterocycles. The second-order valence-electron chi connectivity index (χ2n) is 13.1. The first-order chi connectivity index (χ1) is 21.1. The van der Waals surface area contributed by atoms with E-state index in [0.29, 0.717) is 37.9 Å². The third-order valence-electron chi connectivity index (χ3n) is 9.60. The maximum absolute atomic E-state index is 14.9. The Hall–Kier alpha value is -3.57. The van der Waals surface area contributed by atoms with Gasteiger partial charge < -0.3 is 24.5 Å². The number of aliphatic hydroxyl groups excluding tert-OH is 1. The number of aromatic nitrogens is 3. The Morgan fingerprint density at radius 1 is 1.16 bits per heavy atom. The highest BCUT2D eigenvalue weighted by Crippen LogP contribution is 2.64. The maximum atomic E-state index is 14.9. The van der Waals surface area contributed by atoms with Gasteiger partial charge in [-0.25, -0.2) is 4.68 Å². The van der Waals surface area contributed by atoms with E-state index < -0.39 is 35.1 Å². The van der Waals surface area contributed by atoms with Crippen molar-refractivity contribution < 1.29 is 24.2 Å². The molecule has 3 fully saturated rings. The molecule has 2 aromatic rings. The van der Waals surface area contributed by atoms with Crippen LogP contribution in [0.5, 0.6) is 0 Å². The number of para-hydroxylation sites is 1. The first kappa shape index (κ1) is 31.8. The summed E-state index contributed by atoms with van der Waals surface area (Å²) >= 11 is 0. The van der Waals surface area contributed by atoms with Crippen molar-refractivity contribution in [1.29, 1.82) is 0 Å². The maximum Gasteiger partial charge on any atom is 0.250 e. The summed E-state index contributed by atoms with van der Waals surface area (Å²) < 4.78 is 8.51. The summed E-state index contributed by atoms with van der Waals surface area (Å²) in [7, 11) is 0. The quantitative estimate of drug-likeness (QED) is 0.328. The predicted octanol–water partition coefficient (Wildman–Crippen LogP) is 3.00. The molecule has 1 N–H and O–H groups in total. The fraction of sp³-hybridized carbons (Fsp3) is 0.606. The van der Waals surface area contributed by atoms with E-state index in [1.807, 2.05) is 52.0 Å². The molecule has 1 aromatic carbocycles. The lowest BCUT2D eigenvalue weighted by molar-refractivity contribution is -0.157. The number of hydrogen-bond acceptors (Lipinski definition) is 7. The van der Waals surface area contributed by atoms with Gasteiger partial charge in [-0.1, -0.05) is 50.3 Å². The molecule has 3 aliphatic rings. The van der Waals surface area contributed by atoms with Gasteiger partial charge in [0, 0.05) is 19.6 Å². The van der Waals surface area contributed by atoms with Gasteiger partial charge >= 0.3 is 0 Å². The van der Waals surface area contributed by atoms with Crippen molar-refractivity contribution in [3.8, 4) is 0 Å². The van der Waals surface area contributed by atoms with Crippen molar-refractivity contribution in [2.24, 2.45) is 17.8 Å². The van der Waals surface area contributed by atoms with E-state index in [2.05, 4.69) is 23.5 Å². The number of benzene rings is 1. The normalized spacial score (nSPS) is 28.0. The van der Waals surface area contributed by atoms with E-state index in [1.165, 1.54) is 0 Å². The lowest BCUT2D eigenvalue weighted by atomic mass is 9.66. The van der Waals surface area contributed by atoms with E-state index in [4.69, 9.17) is 4.74 Å². The summed E-state index contributed by atoms with van der Waals surface area (Å²) in [6.45, 7) is 16.5. The average molecular weight is 607 g/mol. The van der Waals surface area contributed by atoms with Crippen LogP contribution in [0.4, 0.5) is 0 Å². The predicted molar refractivity (Wildman–Crippen MR) is 166 cm³/mol. The Kier molecular flexibility index (Phi) is 9.00. The van der Waals surface area contributed by atoms with Gasteiger partial charge in [0.2, 0.25) is 17.7 Å². The molecule has 4 heterocycles. The highest BCUT2D eigenvalue weighted by Gasteiger charge is 2.78. The Labute approximate surface area is 259 Å². The number of fused-ring (bicyclic) bond motifs is 2. The molecule has 2 unspecified atom stereocenters. The second-order valence-corrected chi connectivity index (χ2v) is 13.1. The van der Waals surface area contributed by atoms with Crippen LogP contribution in [-0.4, -0.2) is 102 Å². The summed E-state index contributed by atoms with van der Waals surface area (Å²) in [6, 6.07) is 5.87. The Morgan fingerprint density at radius 3 is 2.52 bits per heavy atom. The van der Waals surface area contributed by atoms with Gasteiger partial charge in [0.25, 0.3) is 0 Å². The Morgan fingerprint density at radius 2 is 1.86 bits per heavy atom. The number of rotatable bonds is 14. The zero-order chi connectivity index (χ0) is 31.8. The van der Waals surface area contributed by atoms with Gasteiger partial charge in [-0.2, -0.15) is 0 Å². The number of nitrogens with zero attached hydrogens (tertiary/aromatic N) is 6. The van der Waals surface area contributed by atoms with Crippen molar-refractivity contribution in [2.45, 2.75) is 83.3 Å². The van der Waals surface area contributed by atoms with Gasteiger partial charge in [-0.15, -0.1) is 18.3 Å². The van der Waals surface area contributed by atoms with Crippen molar-refractivity contribution >= 4 is 28.8 Å². The molecule has 11 nitrogen and oxygen atoms in total. The minimum Gasteiger partial charge on any atom is -0.394 e. The fourth-order valence-electron chi connectivity index (χ4n) is 7.88. The summed E-state index contributed by atoms with van der Waals surface area (Å²) in [5.74, 6) is -2.21. The molecule has 0 aliphatic carbocycles. The minimum atomic E-state index is -1.20. The topological polar surface area (TPSA) is 121 Å².